The molecule has 0 aliphatic heterocycles. The van der Waals surface area contributed by atoms with E-state index >= 15 is 0 Å². The molecule has 1 aromatic carbocycles. The molecule has 0 bridgehead atoms. The van der Waals surface area contributed by atoms with Gasteiger partial charge in [0.2, 0.25) is 5.88 Å². The van der Waals surface area contributed by atoms with Crippen LogP contribution in [-0.4, -0.2) is 32.4 Å². The first-order chi connectivity index (χ1) is 17.1. The molecule has 0 fully saturated rings. The van der Waals surface area contributed by atoms with Crippen LogP contribution >= 0.6 is 11.6 Å². The van der Waals surface area contributed by atoms with Crippen LogP contribution in [0, 0.1) is 0 Å². The number of carboxylic acids is 1. The normalized spacial score (nSPS) is 14.4. The molecule has 1 N–H and O–H groups in total. The summed E-state index contributed by atoms with van der Waals surface area (Å²) in [5.74, 6) is -0.492. The highest BCUT2D eigenvalue weighted by Gasteiger charge is 2.24. The molecular formula is C29H36ClN3O3. The van der Waals surface area contributed by atoms with Gasteiger partial charge in [-0.3, -0.25) is 9.78 Å². The lowest BCUT2D eigenvalue weighted by molar-refractivity contribution is -0.137. The van der Waals surface area contributed by atoms with E-state index in [1.165, 1.54) is 24.1 Å². The Morgan fingerprint density at radius 2 is 1.92 bits per heavy atom. The van der Waals surface area contributed by atoms with Crippen LogP contribution in [0.25, 0.3) is 0 Å². The van der Waals surface area contributed by atoms with Gasteiger partial charge in [-0.1, -0.05) is 50.6 Å². The average molecular weight is 510 g/mol. The minimum atomic E-state index is -0.859. The Bertz CT molecular complexity index is 1230. The number of carbonyl (C=O) groups is 1. The number of aryl methyl sites for hydroxylation is 3. The van der Waals surface area contributed by atoms with Crippen molar-refractivity contribution in [3.63, 3.8) is 0 Å². The van der Waals surface area contributed by atoms with Crippen LogP contribution in [0.5, 0.6) is 5.88 Å². The highest BCUT2D eigenvalue weighted by atomic mass is 35.5. The minimum absolute atomic E-state index is 0.0237. The Hall–Kier alpha value is -2.86. The maximum Gasteiger partial charge on any atom is 0.303 e. The fourth-order valence-corrected chi connectivity index (χ4v) is 5.12. The van der Waals surface area contributed by atoms with E-state index in [1.54, 1.807) is 4.68 Å². The van der Waals surface area contributed by atoms with Gasteiger partial charge in [-0.05, 0) is 66.3 Å². The first kappa shape index (κ1) is 26.2. The molecule has 2 aromatic heterocycles. The second kappa shape index (κ2) is 11.0. The average Bonchev–Trinajstić information content (AvgIpc) is 3.16. The molecule has 1 unspecified atom stereocenters. The first-order valence-electron chi connectivity index (χ1n) is 12.8. The SMILES string of the molecule is Cn1nc(CC(CC(=O)O)c2cc(C(C)(C)C)ccc2Cl)cc1OCCc1ccc2c(n1)CCCC2. The molecule has 36 heavy (non-hydrogen) atoms. The first-order valence-corrected chi connectivity index (χ1v) is 13.1. The second-order valence-electron chi connectivity index (χ2n) is 10.8. The van der Waals surface area contributed by atoms with Crippen molar-refractivity contribution >= 4 is 17.6 Å². The molecule has 0 saturated heterocycles. The Kier molecular flexibility index (Phi) is 8.04. The standard InChI is InChI=1S/C29H36ClN3O3/c1-29(2,3)21-10-12-25(30)24(17-21)20(16-28(34)35)15-23-18-27(33(4)32-23)36-14-13-22-11-9-19-7-5-6-8-26(19)31-22/h9-12,17-18,20H,5-8,13-16H2,1-4H3,(H,34,35). The molecule has 7 heteroatoms. The topological polar surface area (TPSA) is 77.2 Å². The van der Waals surface area contributed by atoms with Crippen molar-refractivity contribution in [1.29, 1.82) is 0 Å². The van der Waals surface area contributed by atoms with Gasteiger partial charge in [0, 0.05) is 41.9 Å². The van der Waals surface area contributed by atoms with Crippen molar-refractivity contribution < 1.29 is 14.6 Å². The van der Waals surface area contributed by atoms with Crippen LogP contribution in [0.1, 0.15) is 79.7 Å². The summed E-state index contributed by atoms with van der Waals surface area (Å²) in [4.78, 5) is 16.5. The third kappa shape index (κ3) is 6.47. The molecule has 192 valence electrons. The summed E-state index contributed by atoms with van der Waals surface area (Å²) in [5, 5.41) is 14.8. The highest BCUT2D eigenvalue weighted by molar-refractivity contribution is 6.31. The Morgan fingerprint density at radius 3 is 2.67 bits per heavy atom. The van der Waals surface area contributed by atoms with Crippen LogP contribution < -0.4 is 4.74 Å². The molecule has 0 spiro atoms. The molecule has 0 radical (unpaired) electrons. The zero-order valence-electron chi connectivity index (χ0n) is 21.7. The van der Waals surface area contributed by atoms with Gasteiger partial charge in [0.05, 0.1) is 18.7 Å². The van der Waals surface area contributed by atoms with Crippen molar-refractivity contribution in [3.05, 3.63) is 75.2 Å². The zero-order valence-corrected chi connectivity index (χ0v) is 22.4. The Balaban J connectivity index is 1.45. The maximum absolute atomic E-state index is 11.7. The van der Waals surface area contributed by atoms with Crippen LogP contribution in [0.15, 0.2) is 36.4 Å². The second-order valence-corrected chi connectivity index (χ2v) is 11.2. The molecule has 6 nitrogen and oxygen atoms in total. The van der Waals surface area contributed by atoms with E-state index in [2.05, 4.69) is 38.0 Å². The molecule has 1 aliphatic rings. The largest absolute Gasteiger partial charge is 0.481 e. The van der Waals surface area contributed by atoms with E-state index in [0.29, 0.717) is 23.9 Å². The monoisotopic (exact) mass is 509 g/mol. The van der Waals surface area contributed by atoms with Gasteiger partial charge in [-0.2, -0.15) is 5.10 Å². The number of aromatic nitrogens is 3. The predicted octanol–water partition coefficient (Wildman–Crippen LogP) is 6.07. The molecule has 1 atom stereocenters. The van der Waals surface area contributed by atoms with E-state index in [0.717, 1.165) is 41.8 Å². The highest BCUT2D eigenvalue weighted by Crippen LogP contribution is 2.34. The van der Waals surface area contributed by atoms with Crippen molar-refractivity contribution in [1.82, 2.24) is 14.8 Å². The van der Waals surface area contributed by atoms with E-state index in [4.69, 9.17) is 21.3 Å². The van der Waals surface area contributed by atoms with Gasteiger partial charge in [-0.15, -0.1) is 0 Å². The lowest BCUT2D eigenvalue weighted by Crippen LogP contribution is -2.14. The number of carboxylic acid groups (broad SMARTS) is 1. The minimum Gasteiger partial charge on any atom is -0.481 e. The predicted molar refractivity (Wildman–Crippen MR) is 142 cm³/mol. The quantitative estimate of drug-likeness (QED) is 0.379. The summed E-state index contributed by atoms with van der Waals surface area (Å²) in [5.41, 5.74) is 6.35. The van der Waals surface area contributed by atoms with Crippen molar-refractivity contribution in [2.75, 3.05) is 6.61 Å². The lowest BCUT2D eigenvalue weighted by atomic mass is 9.83. The summed E-state index contributed by atoms with van der Waals surface area (Å²) in [7, 11) is 1.84. The number of aliphatic carboxylic acids is 1. The molecule has 2 heterocycles. The van der Waals surface area contributed by atoms with Gasteiger partial charge >= 0.3 is 5.97 Å². The number of halogens is 1. The third-order valence-corrected chi connectivity index (χ3v) is 7.25. The van der Waals surface area contributed by atoms with Gasteiger partial charge in [0.1, 0.15) is 0 Å². The van der Waals surface area contributed by atoms with Gasteiger partial charge in [0.15, 0.2) is 0 Å². The number of nitrogens with zero attached hydrogens (tertiary/aromatic N) is 3. The fraction of sp³-hybridized carbons (Fsp3) is 0.483. The summed E-state index contributed by atoms with van der Waals surface area (Å²) in [6.45, 7) is 6.90. The van der Waals surface area contributed by atoms with Crippen molar-refractivity contribution in [2.24, 2.45) is 7.05 Å². The number of fused-ring (bicyclic) bond motifs is 1. The van der Waals surface area contributed by atoms with Crippen LogP contribution in [-0.2, 0) is 42.9 Å². The number of hydrogen-bond acceptors (Lipinski definition) is 4. The summed E-state index contributed by atoms with van der Waals surface area (Å²) >= 11 is 6.55. The molecule has 0 saturated carbocycles. The lowest BCUT2D eigenvalue weighted by Gasteiger charge is -2.23. The van der Waals surface area contributed by atoms with Crippen molar-refractivity contribution in [3.8, 4) is 5.88 Å². The maximum atomic E-state index is 11.7. The smallest absolute Gasteiger partial charge is 0.303 e. The Labute approximate surface area is 218 Å². The molecule has 4 rings (SSSR count). The van der Waals surface area contributed by atoms with E-state index in [1.807, 2.05) is 31.3 Å². The van der Waals surface area contributed by atoms with Crippen LogP contribution in [0.4, 0.5) is 0 Å². The number of ether oxygens (including phenoxy) is 1. The van der Waals surface area contributed by atoms with Gasteiger partial charge < -0.3 is 9.84 Å². The molecular weight excluding hydrogens is 474 g/mol. The van der Waals surface area contributed by atoms with E-state index in [-0.39, 0.29) is 17.8 Å². The Morgan fingerprint density at radius 1 is 1.14 bits per heavy atom. The van der Waals surface area contributed by atoms with Crippen molar-refractivity contribution in [2.45, 2.75) is 77.0 Å². The summed E-state index contributed by atoms with van der Waals surface area (Å²) in [6.07, 6.45) is 5.83. The zero-order chi connectivity index (χ0) is 25.9. The van der Waals surface area contributed by atoms with Gasteiger partial charge in [0.25, 0.3) is 0 Å². The number of rotatable bonds is 9. The van der Waals surface area contributed by atoms with E-state index < -0.39 is 5.97 Å². The number of pyridine rings is 1. The van der Waals surface area contributed by atoms with E-state index in [9.17, 15) is 9.90 Å². The fourth-order valence-electron chi connectivity index (χ4n) is 4.85. The molecule has 0 amide bonds. The third-order valence-electron chi connectivity index (χ3n) is 6.91. The molecule has 3 aromatic rings. The summed E-state index contributed by atoms with van der Waals surface area (Å²) < 4.78 is 7.75. The van der Waals surface area contributed by atoms with Gasteiger partial charge in [-0.25, -0.2) is 4.68 Å². The van der Waals surface area contributed by atoms with Crippen LogP contribution in [0.3, 0.4) is 0 Å². The number of benzene rings is 1. The summed E-state index contributed by atoms with van der Waals surface area (Å²) in [6, 6.07) is 12.1. The number of hydrogen-bond donors (Lipinski definition) is 1. The van der Waals surface area contributed by atoms with Crippen LogP contribution in [0.2, 0.25) is 5.02 Å². The molecule has 1 aliphatic carbocycles.